The molecule has 0 saturated carbocycles. The van der Waals surface area contributed by atoms with Gasteiger partial charge in [-0.15, -0.1) is 0 Å². The van der Waals surface area contributed by atoms with Crippen LogP contribution in [0.4, 0.5) is 0 Å². The molecule has 0 unspecified atom stereocenters. The molecule has 3 aromatic rings. The van der Waals surface area contributed by atoms with E-state index >= 15 is 0 Å². The molecule has 0 atom stereocenters. The monoisotopic (exact) mass is 414 g/mol. The van der Waals surface area contributed by atoms with E-state index in [4.69, 9.17) is 13.9 Å². The molecule has 0 aliphatic heterocycles. The summed E-state index contributed by atoms with van der Waals surface area (Å²) in [4.78, 5) is 24.2. The summed E-state index contributed by atoms with van der Waals surface area (Å²) in [5, 5.41) is 0. The second kappa shape index (κ2) is 8.49. The lowest BCUT2D eigenvalue weighted by atomic mass is 10.2. The van der Waals surface area contributed by atoms with E-state index in [-0.39, 0.29) is 30.2 Å². The minimum atomic E-state index is -0.510. The van der Waals surface area contributed by atoms with Gasteiger partial charge in [-0.3, -0.25) is 4.79 Å². The maximum absolute atomic E-state index is 12.1. The summed E-state index contributed by atoms with van der Waals surface area (Å²) < 4.78 is 16.6. The van der Waals surface area contributed by atoms with Gasteiger partial charge in [-0.1, -0.05) is 42.5 Å². The van der Waals surface area contributed by atoms with Gasteiger partial charge in [-0.25, -0.2) is 4.79 Å². The van der Waals surface area contributed by atoms with Gasteiger partial charge in [0.1, 0.15) is 25.2 Å². The third-order valence-electron chi connectivity index (χ3n) is 3.53. The molecule has 0 N–H and O–H groups in total. The summed E-state index contributed by atoms with van der Waals surface area (Å²) in [5.74, 6) is -0.165. The zero-order valence-corrected chi connectivity index (χ0v) is 15.3. The predicted molar refractivity (Wildman–Crippen MR) is 99.0 cm³/mol. The first kappa shape index (κ1) is 17.9. The van der Waals surface area contributed by atoms with Crippen molar-refractivity contribution in [3.05, 3.63) is 98.5 Å². The molecule has 132 valence electrons. The number of hydrogen-bond acceptors (Lipinski definition) is 5. The van der Waals surface area contributed by atoms with Crippen molar-refractivity contribution in [1.82, 2.24) is 0 Å². The smallest absolute Gasteiger partial charge is 0.339 e. The summed E-state index contributed by atoms with van der Waals surface area (Å²) in [5.41, 5.74) is 1.01. The Labute approximate surface area is 158 Å². The Morgan fingerprint density at radius 2 is 1.73 bits per heavy atom. The highest BCUT2D eigenvalue weighted by Gasteiger charge is 2.12. The second-order valence-corrected chi connectivity index (χ2v) is 6.26. The van der Waals surface area contributed by atoms with Crippen LogP contribution in [0.15, 0.2) is 80.6 Å². The SMILES string of the molecule is O=C(OCc1cc(=O)c(OCc2ccccc2)co1)c1ccccc1Br. The Hall–Kier alpha value is -2.86. The minimum absolute atomic E-state index is 0.106. The van der Waals surface area contributed by atoms with Crippen molar-refractivity contribution in [1.29, 1.82) is 0 Å². The van der Waals surface area contributed by atoms with Crippen molar-refractivity contribution >= 4 is 21.9 Å². The highest BCUT2D eigenvalue weighted by Crippen LogP contribution is 2.17. The third-order valence-corrected chi connectivity index (χ3v) is 4.22. The van der Waals surface area contributed by atoms with Crippen molar-refractivity contribution in [3.63, 3.8) is 0 Å². The maximum atomic E-state index is 12.1. The molecule has 0 saturated heterocycles. The average molecular weight is 415 g/mol. The quantitative estimate of drug-likeness (QED) is 0.561. The van der Waals surface area contributed by atoms with E-state index in [0.29, 0.717) is 10.0 Å². The lowest BCUT2D eigenvalue weighted by Gasteiger charge is -2.07. The molecule has 1 heterocycles. The van der Waals surface area contributed by atoms with Crippen LogP contribution in [0.3, 0.4) is 0 Å². The molecular formula is C20H15BrO5. The second-order valence-electron chi connectivity index (χ2n) is 5.41. The number of ether oxygens (including phenoxy) is 2. The third kappa shape index (κ3) is 4.61. The first-order chi connectivity index (χ1) is 12.6. The number of rotatable bonds is 6. The lowest BCUT2D eigenvalue weighted by Crippen LogP contribution is -2.10. The zero-order chi connectivity index (χ0) is 18.4. The van der Waals surface area contributed by atoms with E-state index < -0.39 is 5.97 Å². The fraction of sp³-hybridized carbons (Fsp3) is 0.100. The number of halogens is 1. The number of esters is 1. The molecule has 0 spiro atoms. The van der Waals surface area contributed by atoms with Gasteiger partial charge in [0.25, 0.3) is 0 Å². The van der Waals surface area contributed by atoms with Gasteiger partial charge in [-0.05, 0) is 33.6 Å². The summed E-state index contributed by atoms with van der Waals surface area (Å²) in [6.07, 6.45) is 1.23. The molecule has 2 aromatic carbocycles. The van der Waals surface area contributed by atoms with Crippen LogP contribution < -0.4 is 10.2 Å². The highest BCUT2D eigenvalue weighted by molar-refractivity contribution is 9.10. The normalized spacial score (nSPS) is 10.3. The van der Waals surface area contributed by atoms with E-state index in [1.165, 1.54) is 12.3 Å². The number of benzene rings is 2. The molecule has 1 aromatic heterocycles. The minimum Gasteiger partial charge on any atom is -0.482 e. The van der Waals surface area contributed by atoms with Crippen LogP contribution in [0.2, 0.25) is 0 Å². The number of hydrogen-bond donors (Lipinski definition) is 0. The van der Waals surface area contributed by atoms with Crippen molar-refractivity contribution in [2.45, 2.75) is 13.2 Å². The van der Waals surface area contributed by atoms with Crippen LogP contribution in [0.1, 0.15) is 21.7 Å². The van der Waals surface area contributed by atoms with Crippen molar-refractivity contribution in [3.8, 4) is 5.75 Å². The highest BCUT2D eigenvalue weighted by atomic mass is 79.9. The standard InChI is InChI=1S/C20H15BrO5/c21-17-9-5-4-8-16(17)20(23)26-12-15-10-18(22)19(13-24-15)25-11-14-6-2-1-3-7-14/h1-10,13H,11-12H2. The number of carbonyl (C=O) groups excluding carboxylic acids is 1. The summed E-state index contributed by atoms with van der Waals surface area (Å²) in [6.45, 7) is 0.121. The van der Waals surface area contributed by atoms with Gasteiger partial charge in [0.2, 0.25) is 11.2 Å². The molecule has 3 rings (SSSR count). The Kier molecular flexibility index (Phi) is 5.86. The molecule has 26 heavy (non-hydrogen) atoms. The van der Waals surface area contributed by atoms with Gasteiger partial charge in [0.15, 0.2) is 0 Å². The molecule has 0 aliphatic carbocycles. The Morgan fingerprint density at radius 1 is 1.00 bits per heavy atom. The van der Waals surface area contributed by atoms with E-state index in [2.05, 4.69) is 15.9 Å². The summed E-state index contributed by atoms with van der Waals surface area (Å²) in [6, 6.07) is 17.7. The lowest BCUT2D eigenvalue weighted by molar-refractivity contribution is 0.0441. The molecule has 0 bridgehead atoms. The molecule has 5 nitrogen and oxygen atoms in total. The van der Waals surface area contributed by atoms with Crippen LogP contribution in [-0.4, -0.2) is 5.97 Å². The molecule has 0 aliphatic rings. The van der Waals surface area contributed by atoms with Gasteiger partial charge < -0.3 is 13.9 Å². The van der Waals surface area contributed by atoms with Crippen molar-refractivity contribution < 1.29 is 18.7 Å². The molecule has 6 heteroatoms. The van der Waals surface area contributed by atoms with Gasteiger partial charge in [0.05, 0.1) is 5.56 Å². The van der Waals surface area contributed by atoms with Gasteiger partial charge >= 0.3 is 5.97 Å². The Morgan fingerprint density at radius 3 is 2.46 bits per heavy atom. The Balaban J connectivity index is 1.60. The molecule has 0 amide bonds. The van der Waals surface area contributed by atoms with Crippen LogP contribution in [0, 0.1) is 0 Å². The van der Waals surface area contributed by atoms with Crippen LogP contribution in [0.25, 0.3) is 0 Å². The molecule has 0 radical (unpaired) electrons. The fourth-order valence-electron chi connectivity index (χ4n) is 2.20. The van der Waals surface area contributed by atoms with Crippen LogP contribution >= 0.6 is 15.9 Å². The van der Waals surface area contributed by atoms with Crippen molar-refractivity contribution in [2.75, 3.05) is 0 Å². The van der Waals surface area contributed by atoms with Crippen molar-refractivity contribution in [2.24, 2.45) is 0 Å². The van der Waals surface area contributed by atoms with Gasteiger partial charge in [0, 0.05) is 10.5 Å². The van der Waals surface area contributed by atoms with Gasteiger partial charge in [-0.2, -0.15) is 0 Å². The molecular weight excluding hydrogens is 400 g/mol. The first-order valence-electron chi connectivity index (χ1n) is 7.83. The largest absolute Gasteiger partial charge is 0.482 e. The maximum Gasteiger partial charge on any atom is 0.339 e. The first-order valence-corrected chi connectivity index (χ1v) is 8.63. The average Bonchev–Trinajstić information content (AvgIpc) is 2.66. The Bertz CT molecular complexity index is 950. The van der Waals surface area contributed by atoms with E-state index in [9.17, 15) is 9.59 Å². The predicted octanol–water partition coefficient (Wildman–Crippen LogP) is 4.34. The van der Waals surface area contributed by atoms with Crippen LogP contribution in [0.5, 0.6) is 5.75 Å². The van der Waals surface area contributed by atoms with E-state index in [1.807, 2.05) is 30.3 Å². The van der Waals surface area contributed by atoms with E-state index in [1.54, 1.807) is 24.3 Å². The summed E-state index contributed by atoms with van der Waals surface area (Å²) in [7, 11) is 0. The fourth-order valence-corrected chi connectivity index (χ4v) is 2.64. The number of carbonyl (C=O) groups is 1. The van der Waals surface area contributed by atoms with E-state index in [0.717, 1.165) is 5.56 Å². The topological polar surface area (TPSA) is 65.7 Å². The van der Waals surface area contributed by atoms with Crippen LogP contribution in [-0.2, 0) is 18.0 Å². The zero-order valence-electron chi connectivity index (χ0n) is 13.7. The summed E-state index contributed by atoms with van der Waals surface area (Å²) >= 11 is 3.29. The molecule has 0 fully saturated rings.